The number of nitrogen functional groups attached to an aromatic ring is 1. The Morgan fingerprint density at radius 1 is 1.26 bits per heavy atom. The maximum atomic E-state index is 12.4. The molecule has 3 N–H and O–H groups in total. The first-order chi connectivity index (χ1) is 8.49. The summed E-state index contributed by atoms with van der Waals surface area (Å²) in [4.78, 5) is 11.5. The minimum absolute atomic E-state index is 0.116. The highest BCUT2D eigenvalue weighted by molar-refractivity contribution is 5.73. The standard InChI is InChI=1S/C12H15F3N2O2/c1-11(2,3)17-10(18)19-9-5-4-7(6-8(9)16)12(13,14)15/h4-6H,16H2,1-3H3,(H,17,18). The fraction of sp³-hybridized carbons (Fsp3) is 0.417. The van der Waals surface area contributed by atoms with Gasteiger partial charge in [-0.3, -0.25) is 0 Å². The number of nitrogens with one attached hydrogen (secondary N) is 1. The van der Waals surface area contributed by atoms with Crippen LogP contribution in [0, 0.1) is 0 Å². The molecule has 4 nitrogen and oxygen atoms in total. The Bertz CT molecular complexity index is 479. The molecule has 0 atom stereocenters. The van der Waals surface area contributed by atoms with E-state index in [1.165, 1.54) is 0 Å². The van der Waals surface area contributed by atoms with Gasteiger partial charge in [-0.25, -0.2) is 4.79 Å². The van der Waals surface area contributed by atoms with E-state index < -0.39 is 23.4 Å². The predicted octanol–water partition coefficient (Wildman–Crippen LogP) is 3.17. The number of anilines is 1. The molecule has 0 aromatic heterocycles. The molecule has 0 unspecified atom stereocenters. The summed E-state index contributed by atoms with van der Waals surface area (Å²) < 4.78 is 42.1. The highest BCUT2D eigenvalue weighted by Crippen LogP contribution is 2.33. The van der Waals surface area contributed by atoms with Crippen molar-refractivity contribution in [2.24, 2.45) is 0 Å². The highest BCUT2D eigenvalue weighted by Gasteiger charge is 2.31. The highest BCUT2D eigenvalue weighted by atomic mass is 19.4. The van der Waals surface area contributed by atoms with Crippen molar-refractivity contribution in [1.82, 2.24) is 5.32 Å². The van der Waals surface area contributed by atoms with Crippen LogP contribution in [0.4, 0.5) is 23.7 Å². The van der Waals surface area contributed by atoms with Crippen LogP contribution >= 0.6 is 0 Å². The van der Waals surface area contributed by atoms with Gasteiger partial charge in [-0.1, -0.05) is 0 Å². The van der Waals surface area contributed by atoms with Crippen molar-refractivity contribution < 1.29 is 22.7 Å². The molecule has 106 valence electrons. The molecule has 1 aromatic rings. The van der Waals surface area contributed by atoms with Gasteiger partial charge in [0.2, 0.25) is 0 Å². The number of rotatable bonds is 1. The van der Waals surface area contributed by atoms with Gasteiger partial charge in [0.1, 0.15) is 0 Å². The van der Waals surface area contributed by atoms with E-state index in [1.807, 2.05) is 0 Å². The Kier molecular flexibility index (Phi) is 3.97. The molecule has 1 rings (SSSR count). The van der Waals surface area contributed by atoms with E-state index in [0.717, 1.165) is 18.2 Å². The lowest BCUT2D eigenvalue weighted by molar-refractivity contribution is -0.137. The average Bonchev–Trinajstić information content (AvgIpc) is 2.16. The summed E-state index contributed by atoms with van der Waals surface area (Å²) >= 11 is 0. The van der Waals surface area contributed by atoms with E-state index in [-0.39, 0.29) is 11.4 Å². The summed E-state index contributed by atoms with van der Waals surface area (Å²) in [5, 5.41) is 2.50. The van der Waals surface area contributed by atoms with E-state index in [1.54, 1.807) is 20.8 Å². The van der Waals surface area contributed by atoms with E-state index in [0.29, 0.717) is 0 Å². The van der Waals surface area contributed by atoms with Gasteiger partial charge in [0.05, 0.1) is 11.3 Å². The molecule has 1 amide bonds. The topological polar surface area (TPSA) is 64.3 Å². The lowest BCUT2D eigenvalue weighted by atomic mass is 10.1. The molecule has 0 fully saturated rings. The molecule has 0 bridgehead atoms. The number of halogens is 3. The second kappa shape index (κ2) is 4.99. The molecule has 0 aliphatic rings. The summed E-state index contributed by atoms with van der Waals surface area (Å²) in [6, 6.07) is 2.54. The number of ether oxygens (including phenoxy) is 1. The molecule has 19 heavy (non-hydrogen) atoms. The molecular formula is C12H15F3N2O2. The summed E-state index contributed by atoms with van der Waals surface area (Å²) in [6.07, 6.45) is -5.26. The van der Waals surface area contributed by atoms with Crippen LogP contribution in [0.1, 0.15) is 26.3 Å². The first kappa shape index (κ1) is 15.1. The second-order valence-corrected chi connectivity index (χ2v) is 5.01. The van der Waals surface area contributed by atoms with Crippen molar-refractivity contribution in [2.45, 2.75) is 32.5 Å². The van der Waals surface area contributed by atoms with Crippen LogP contribution in [0.3, 0.4) is 0 Å². The van der Waals surface area contributed by atoms with Gasteiger partial charge in [0.25, 0.3) is 0 Å². The largest absolute Gasteiger partial charge is 0.416 e. The van der Waals surface area contributed by atoms with Crippen molar-refractivity contribution in [1.29, 1.82) is 0 Å². The third-order valence-electron chi connectivity index (χ3n) is 2.02. The van der Waals surface area contributed by atoms with Crippen LogP contribution in [0.5, 0.6) is 5.75 Å². The minimum atomic E-state index is -4.49. The van der Waals surface area contributed by atoms with Gasteiger partial charge < -0.3 is 15.8 Å². The summed E-state index contributed by atoms with van der Waals surface area (Å²) in [6.45, 7) is 5.22. The monoisotopic (exact) mass is 276 g/mol. The van der Waals surface area contributed by atoms with Crippen LogP contribution in [0.25, 0.3) is 0 Å². The van der Waals surface area contributed by atoms with Crippen LogP contribution < -0.4 is 15.8 Å². The van der Waals surface area contributed by atoms with Crippen LogP contribution in [0.2, 0.25) is 0 Å². The third-order valence-corrected chi connectivity index (χ3v) is 2.02. The number of carbonyl (C=O) groups is 1. The minimum Gasteiger partial charge on any atom is -0.408 e. The number of nitrogens with two attached hydrogens (primary N) is 1. The number of hydrogen-bond donors (Lipinski definition) is 2. The van der Waals surface area contributed by atoms with E-state index >= 15 is 0 Å². The van der Waals surface area contributed by atoms with Crippen molar-refractivity contribution in [3.05, 3.63) is 23.8 Å². The van der Waals surface area contributed by atoms with E-state index in [9.17, 15) is 18.0 Å². The molecule has 7 heteroatoms. The zero-order valence-corrected chi connectivity index (χ0v) is 10.8. The first-order valence-corrected chi connectivity index (χ1v) is 5.46. The molecule has 0 saturated carbocycles. The van der Waals surface area contributed by atoms with Crippen molar-refractivity contribution in [3.63, 3.8) is 0 Å². The summed E-state index contributed by atoms with van der Waals surface area (Å²) in [5.74, 6) is -0.116. The van der Waals surface area contributed by atoms with Gasteiger partial charge in [-0.15, -0.1) is 0 Å². The summed E-state index contributed by atoms with van der Waals surface area (Å²) in [7, 11) is 0. The molecule has 0 aliphatic heterocycles. The van der Waals surface area contributed by atoms with E-state index in [2.05, 4.69) is 5.32 Å². The molecule has 0 aliphatic carbocycles. The quantitative estimate of drug-likeness (QED) is 0.774. The lowest BCUT2D eigenvalue weighted by Gasteiger charge is -2.20. The fourth-order valence-electron chi connectivity index (χ4n) is 1.25. The molecular weight excluding hydrogens is 261 g/mol. The normalized spacial score (nSPS) is 12.1. The SMILES string of the molecule is CC(C)(C)NC(=O)Oc1ccc(C(F)(F)F)cc1N. The smallest absolute Gasteiger partial charge is 0.408 e. The van der Waals surface area contributed by atoms with Crippen molar-refractivity contribution in [2.75, 3.05) is 5.73 Å². The third kappa shape index (κ3) is 4.69. The molecule has 0 radical (unpaired) electrons. The van der Waals surface area contributed by atoms with Gasteiger partial charge in [0, 0.05) is 5.54 Å². The molecule has 0 heterocycles. The Balaban J connectivity index is 2.84. The predicted molar refractivity (Wildman–Crippen MR) is 64.8 cm³/mol. The number of amides is 1. The maximum absolute atomic E-state index is 12.4. The maximum Gasteiger partial charge on any atom is 0.416 e. The molecule has 1 aromatic carbocycles. The van der Waals surface area contributed by atoms with Gasteiger partial charge in [-0.2, -0.15) is 13.2 Å². The Morgan fingerprint density at radius 2 is 1.84 bits per heavy atom. The van der Waals surface area contributed by atoms with Crippen molar-refractivity contribution in [3.8, 4) is 5.75 Å². The Hall–Kier alpha value is -1.92. The first-order valence-electron chi connectivity index (χ1n) is 5.46. The summed E-state index contributed by atoms with van der Waals surface area (Å²) in [5.41, 5.74) is 3.76. The van der Waals surface area contributed by atoms with Gasteiger partial charge >= 0.3 is 12.3 Å². The van der Waals surface area contributed by atoms with Gasteiger partial charge in [-0.05, 0) is 39.0 Å². The van der Waals surface area contributed by atoms with E-state index in [4.69, 9.17) is 10.5 Å². The average molecular weight is 276 g/mol. The Morgan fingerprint density at radius 3 is 2.26 bits per heavy atom. The lowest BCUT2D eigenvalue weighted by Crippen LogP contribution is -2.42. The number of benzene rings is 1. The zero-order valence-electron chi connectivity index (χ0n) is 10.8. The van der Waals surface area contributed by atoms with Crippen molar-refractivity contribution >= 4 is 11.8 Å². The number of hydrogen-bond acceptors (Lipinski definition) is 3. The second-order valence-electron chi connectivity index (χ2n) is 5.01. The van der Waals surface area contributed by atoms with Gasteiger partial charge in [0.15, 0.2) is 5.75 Å². The van der Waals surface area contributed by atoms with Crippen LogP contribution in [-0.4, -0.2) is 11.6 Å². The number of carbonyl (C=O) groups excluding carboxylic acids is 1. The number of alkyl halides is 3. The Labute approximate surface area is 108 Å². The van der Waals surface area contributed by atoms with Crippen LogP contribution in [-0.2, 0) is 6.18 Å². The van der Waals surface area contributed by atoms with Crippen LogP contribution in [0.15, 0.2) is 18.2 Å². The fourth-order valence-corrected chi connectivity index (χ4v) is 1.25. The zero-order chi connectivity index (χ0) is 14.8. The molecule has 0 saturated heterocycles. The molecule has 0 spiro atoms.